The Hall–Kier alpha value is -0.970. The van der Waals surface area contributed by atoms with Gasteiger partial charge in [-0.2, -0.15) is 0 Å². The summed E-state index contributed by atoms with van der Waals surface area (Å²) in [6.45, 7) is 4.44. The van der Waals surface area contributed by atoms with Crippen LogP contribution in [0.4, 0.5) is 0 Å². The summed E-state index contributed by atoms with van der Waals surface area (Å²) in [5, 5.41) is -2.50. The van der Waals surface area contributed by atoms with Gasteiger partial charge >= 0.3 is 0 Å². The molecule has 0 saturated carbocycles. The summed E-state index contributed by atoms with van der Waals surface area (Å²) in [5.74, 6) is 0. The van der Waals surface area contributed by atoms with Crippen molar-refractivity contribution >= 4 is 30.5 Å². The van der Waals surface area contributed by atoms with E-state index in [1.807, 2.05) is 0 Å². The highest BCUT2D eigenvalue weighted by atomic mass is 32.3. The van der Waals surface area contributed by atoms with Crippen molar-refractivity contribution in [3.63, 3.8) is 0 Å². The van der Waals surface area contributed by atoms with Crippen LogP contribution in [0.3, 0.4) is 0 Å². The van der Waals surface area contributed by atoms with Crippen LogP contribution in [-0.4, -0.2) is 20.5 Å². The van der Waals surface area contributed by atoms with Gasteiger partial charge in [0.25, 0.3) is 0 Å². The summed E-state index contributed by atoms with van der Waals surface area (Å²) in [7, 11) is -3.02. The van der Waals surface area contributed by atoms with Gasteiger partial charge in [0.2, 0.25) is 0 Å². The molecule has 0 fully saturated rings. The fourth-order valence-corrected chi connectivity index (χ4v) is 3.64. The predicted molar refractivity (Wildman–Crippen MR) is 50.3 cm³/mol. The van der Waals surface area contributed by atoms with Crippen LogP contribution in [0, 0.1) is 0 Å². The second-order valence-corrected chi connectivity index (χ2v) is 6.10. The van der Waals surface area contributed by atoms with Crippen molar-refractivity contribution in [1.29, 1.82) is 0 Å². The lowest BCUT2D eigenvalue weighted by molar-refractivity contribution is -0.116. The first-order valence-corrected chi connectivity index (χ1v) is 5.27. The van der Waals surface area contributed by atoms with E-state index in [0.717, 1.165) is 27.7 Å². The van der Waals surface area contributed by atoms with Gasteiger partial charge in [-0.3, -0.25) is 19.2 Å². The largest absolute Gasteiger partial charge is 0.288 e. The first-order chi connectivity index (χ1) is 5.77. The smallest absolute Gasteiger partial charge is 0.188 e. The van der Waals surface area contributed by atoms with Crippen LogP contribution in [0.2, 0.25) is 0 Å². The van der Waals surface area contributed by atoms with Gasteiger partial charge in [-0.25, -0.2) is 0 Å². The quantitative estimate of drug-likeness (QED) is 0.589. The van der Waals surface area contributed by atoms with E-state index in [1.54, 1.807) is 0 Å². The van der Waals surface area contributed by atoms with Crippen molar-refractivity contribution in [2.24, 2.45) is 0 Å². The highest BCUT2D eigenvalue weighted by molar-refractivity contribution is 8.73. The molecule has 0 heterocycles. The molecule has 0 aromatic carbocycles. The molecule has 0 atom stereocenters. The zero-order valence-electron chi connectivity index (χ0n) is 8.04. The Bertz CT molecular complexity index is 231. The summed E-state index contributed by atoms with van der Waals surface area (Å²) < 4.78 is 0. The Kier molecular flexibility index (Phi) is 3.54. The number of hydrogen-bond acceptors (Lipinski definition) is 4. The van der Waals surface area contributed by atoms with E-state index in [2.05, 4.69) is 0 Å². The maximum absolute atomic E-state index is 11.2. The number of carbonyl (C=O) groups excluding carboxylic acids is 4. The fraction of sp³-hybridized carbons (Fsp3) is 0.500. The van der Waals surface area contributed by atoms with Gasteiger partial charge in [0.15, 0.2) is 20.5 Å². The maximum Gasteiger partial charge on any atom is 0.188 e. The average Bonchev–Trinajstić information content (AvgIpc) is 1.82. The average molecular weight is 204 g/mol. The van der Waals surface area contributed by atoms with E-state index in [-0.39, 0.29) is 0 Å². The van der Waals surface area contributed by atoms with Crippen molar-refractivity contribution < 1.29 is 19.2 Å². The van der Waals surface area contributed by atoms with E-state index in [0.29, 0.717) is 0 Å². The normalized spacial score (nSPS) is 12.0. The third-order valence-corrected chi connectivity index (χ3v) is 5.17. The van der Waals surface area contributed by atoms with Gasteiger partial charge in [0.1, 0.15) is 0 Å². The molecule has 0 aromatic heterocycles. The van der Waals surface area contributed by atoms with Crippen molar-refractivity contribution in [1.82, 2.24) is 0 Å². The van der Waals surface area contributed by atoms with Crippen molar-refractivity contribution in [3.05, 3.63) is 0 Å². The Balaban J connectivity index is 5.60. The Labute approximate surface area is 78.0 Å². The molecule has 74 valence electrons. The van der Waals surface area contributed by atoms with Crippen LogP contribution in [0.1, 0.15) is 27.7 Å². The fourth-order valence-electron chi connectivity index (χ4n) is 1.21. The topological polar surface area (TPSA) is 68.3 Å². The molecule has 0 aliphatic rings. The SMILES string of the molecule is CC(=O)S(C(C)=O)(C(C)=O)C(C)=O. The predicted octanol–water partition coefficient (Wildman–Crippen LogP) is 0.977. The molecular weight excluding hydrogens is 192 g/mol. The first kappa shape index (κ1) is 12.0. The minimum absolute atomic E-state index is 0.625. The first-order valence-electron chi connectivity index (χ1n) is 3.63. The third-order valence-electron chi connectivity index (χ3n) is 1.72. The second-order valence-electron chi connectivity index (χ2n) is 2.58. The zero-order valence-corrected chi connectivity index (χ0v) is 8.86. The number of rotatable bonds is 0. The second kappa shape index (κ2) is 3.83. The Morgan fingerprint density at radius 1 is 0.615 bits per heavy atom. The van der Waals surface area contributed by atoms with Gasteiger partial charge < -0.3 is 0 Å². The molecule has 0 amide bonds. The van der Waals surface area contributed by atoms with E-state index >= 15 is 0 Å². The lowest BCUT2D eigenvalue weighted by Gasteiger charge is -2.27. The summed E-state index contributed by atoms with van der Waals surface area (Å²) in [4.78, 5) is 44.7. The Morgan fingerprint density at radius 2 is 0.769 bits per heavy atom. The zero-order chi connectivity index (χ0) is 10.8. The molecule has 0 unspecified atom stereocenters. The molecule has 5 heteroatoms. The molecule has 0 bridgehead atoms. The number of hydrogen-bond donors (Lipinski definition) is 0. The van der Waals surface area contributed by atoms with Gasteiger partial charge in [0, 0.05) is 27.7 Å². The van der Waals surface area contributed by atoms with E-state index in [4.69, 9.17) is 0 Å². The molecule has 0 N–H and O–H groups in total. The van der Waals surface area contributed by atoms with Crippen molar-refractivity contribution in [2.75, 3.05) is 0 Å². The van der Waals surface area contributed by atoms with E-state index in [1.165, 1.54) is 0 Å². The van der Waals surface area contributed by atoms with Crippen molar-refractivity contribution in [3.8, 4) is 0 Å². The maximum atomic E-state index is 11.2. The summed E-state index contributed by atoms with van der Waals surface area (Å²) in [6, 6.07) is 0. The van der Waals surface area contributed by atoms with Gasteiger partial charge in [-0.1, -0.05) is 0 Å². The summed E-state index contributed by atoms with van der Waals surface area (Å²) in [5.41, 5.74) is 0. The highest BCUT2D eigenvalue weighted by Crippen LogP contribution is 2.50. The Morgan fingerprint density at radius 3 is 0.769 bits per heavy atom. The molecule has 0 spiro atoms. The van der Waals surface area contributed by atoms with E-state index in [9.17, 15) is 19.2 Å². The molecule has 0 saturated heterocycles. The molecule has 0 radical (unpaired) electrons. The van der Waals surface area contributed by atoms with Crippen LogP contribution in [0.5, 0.6) is 0 Å². The monoisotopic (exact) mass is 204 g/mol. The van der Waals surface area contributed by atoms with Crippen LogP contribution in [0.25, 0.3) is 0 Å². The van der Waals surface area contributed by atoms with Crippen LogP contribution in [-0.2, 0) is 19.2 Å². The van der Waals surface area contributed by atoms with Gasteiger partial charge in [-0.05, 0) is 10.0 Å². The van der Waals surface area contributed by atoms with Crippen LogP contribution < -0.4 is 0 Å². The molecule has 4 nitrogen and oxygen atoms in total. The molecule has 13 heavy (non-hydrogen) atoms. The van der Waals surface area contributed by atoms with E-state index < -0.39 is 30.5 Å². The lowest BCUT2D eigenvalue weighted by Crippen LogP contribution is -2.29. The molecular formula is C8H12O4S. The molecule has 0 rings (SSSR count). The molecule has 0 aromatic rings. The third kappa shape index (κ3) is 1.70. The van der Waals surface area contributed by atoms with Crippen molar-refractivity contribution in [2.45, 2.75) is 27.7 Å². The number of carbonyl (C=O) groups is 4. The highest BCUT2D eigenvalue weighted by Gasteiger charge is 2.43. The summed E-state index contributed by atoms with van der Waals surface area (Å²) in [6.07, 6.45) is 0. The molecule has 0 aliphatic heterocycles. The molecule has 0 aliphatic carbocycles. The van der Waals surface area contributed by atoms with Gasteiger partial charge in [-0.15, -0.1) is 0 Å². The summed E-state index contributed by atoms with van der Waals surface area (Å²) >= 11 is 0. The standard InChI is InChI=1S/C8H12O4S/c1-5(9)13(6(2)10,7(3)11)8(4)12/h1-4H3. The van der Waals surface area contributed by atoms with Crippen LogP contribution >= 0.6 is 10.0 Å². The lowest BCUT2D eigenvalue weighted by atomic mass is 10.9. The minimum atomic E-state index is -3.02. The van der Waals surface area contributed by atoms with Crippen LogP contribution in [0.15, 0.2) is 0 Å². The van der Waals surface area contributed by atoms with Gasteiger partial charge in [0.05, 0.1) is 0 Å². The minimum Gasteiger partial charge on any atom is -0.288 e.